The third-order valence-electron chi connectivity index (χ3n) is 2.77. The molecule has 0 saturated carbocycles. The first-order valence-electron chi connectivity index (χ1n) is 5.70. The number of benzene rings is 1. The van der Waals surface area contributed by atoms with E-state index in [1.54, 1.807) is 17.7 Å². The maximum absolute atomic E-state index is 11.1. The van der Waals surface area contributed by atoms with Crippen LogP contribution in [0.1, 0.15) is 21.6 Å². The van der Waals surface area contributed by atoms with Gasteiger partial charge in [-0.25, -0.2) is 4.79 Å². The predicted molar refractivity (Wildman–Crippen MR) is 74.6 cm³/mol. The molecule has 0 bridgehead atoms. The Hall–Kier alpha value is -1.95. The number of carboxylic acids is 1. The fourth-order valence-electron chi connectivity index (χ4n) is 1.80. The van der Waals surface area contributed by atoms with E-state index >= 15 is 0 Å². The smallest absolute Gasteiger partial charge is 0.337 e. The summed E-state index contributed by atoms with van der Waals surface area (Å²) in [6.45, 7) is 3.72. The van der Waals surface area contributed by atoms with E-state index in [4.69, 9.17) is 10.8 Å². The highest BCUT2D eigenvalue weighted by Gasteiger charge is 2.13. The molecule has 0 atom stereocenters. The van der Waals surface area contributed by atoms with Crippen molar-refractivity contribution in [1.29, 1.82) is 0 Å². The fraction of sp³-hybridized carbons (Fsp3) is 0.231. The molecule has 3 N–H and O–H groups in total. The highest BCUT2D eigenvalue weighted by molar-refractivity contribution is 7.99. The van der Waals surface area contributed by atoms with Crippen LogP contribution in [-0.2, 0) is 7.05 Å². The zero-order chi connectivity index (χ0) is 14.2. The van der Waals surface area contributed by atoms with Gasteiger partial charge in [0.1, 0.15) is 0 Å². The Balaban J connectivity index is 2.41. The summed E-state index contributed by atoms with van der Waals surface area (Å²) in [5.41, 5.74) is 7.92. The number of carboxylic acid groups (broad SMARTS) is 1. The second kappa shape index (κ2) is 4.97. The standard InChI is InChI=1S/C13H15N3O2S/c1-7-4-9(6-10(12(7)14)13(17)18)19-11-5-8(2)15-16(11)3/h4-6H,14H2,1-3H3,(H,17,18). The summed E-state index contributed by atoms with van der Waals surface area (Å²) in [7, 11) is 1.86. The Morgan fingerprint density at radius 3 is 2.58 bits per heavy atom. The molecule has 1 aromatic heterocycles. The predicted octanol–water partition coefficient (Wildman–Crippen LogP) is 2.47. The number of nitrogens with two attached hydrogens (primary N) is 1. The maximum atomic E-state index is 11.1. The number of aromatic carboxylic acids is 1. The molecule has 19 heavy (non-hydrogen) atoms. The lowest BCUT2D eigenvalue weighted by atomic mass is 10.1. The first-order chi connectivity index (χ1) is 8.88. The molecule has 5 nitrogen and oxygen atoms in total. The lowest BCUT2D eigenvalue weighted by Gasteiger charge is -2.08. The molecule has 1 heterocycles. The van der Waals surface area contributed by atoms with Crippen molar-refractivity contribution in [3.63, 3.8) is 0 Å². The van der Waals surface area contributed by atoms with Crippen LogP contribution in [0.15, 0.2) is 28.1 Å². The van der Waals surface area contributed by atoms with Crippen molar-refractivity contribution in [3.8, 4) is 0 Å². The minimum atomic E-state index is -1.01. The summed E-state index contributed by atoms with van der Waals surface area (Å²) in [6.07, 6.45) is 0. The van der Waals surface area contributed by atoms with E-state index in [0.717, 1.165) is 21.2 Å². The lowest BCUT2D eigenvalue weighted by molar-refractivity contribution is 0.0697. The number of anilines is 1. The quantitative estimate of drug-likeness (QED) is 0.842. The van der Waals surface area contributed by atoms with Crippen LogP contribution in [0, 0.1) is 13.8 Å². The second-order valence-electron chi connectivity index (χ2n) is 4.36. The molecule has 0 amide bonds. The topological polar surface area (TPSA) is 81.1 Å². The number of aryl methyl sites for hydroxylation is 3. The molecule has 0 unspecified atom stereocenters. The van der Waals surface area contributed by atoms with Gasteiger partial charge in [0.15, 0.2) is 0 Å². The van der Waals surface area contributed by atoms with E-state index in [1.165, 1.54) is 11.8 Å². The van der Waals surface area contributed by atoms with Crippen molar-refractivity contribution in [2.45, 2.75) is 23.8 Å². The molecule has 0 aliphatic rings. The van der Waals surface area contributed by atoms with Crippen LogP contribution in [0.3, 0.4) is 0 Å². The third-order valence-corrected chi connectivity index (χ3v) is 3.83. The first kappa shape index (κ1) is 13.5. The first-order valence-corrected chi connectivity index (χ1v) is 6.52. The van der Waals surface area contributed by atoms with Gasteiger partial charge >= 0.3 is 5.97 Å². The van der Waals surface area contributed by atoms with Gasteiger partial charge in [0.2, 0.25) is 0 Å². The van der Waals surface area contributed by atoms with E-state index < -0.39 is 5.97 Å². The van der Waals surface area contributed by atoms with E-state index in [9.17, 15) is 4.79 Å². The van der Waals surface area contributed by atoms with Gasteiger partial charge in [-0.2, -0.15) is 5.10 Å². The highest BCUT2D eigenvalue weighted by Crippen LogP contribution is 2.31. The normalized spacial score (nSPS) is 10.7. The number of aromatic nitrogens is 2. The average molecular weight is 277 g/mol. The van der Waals surface area contributed by atoms with E-state index in [-0.39, 0.29) is 5.56 Å². The van der Waals surface area contributed by atoms with Gasteiger partial charge in [0.05, 0.1) is 16.3 Å². The summed E-state index contributed by atoms with van der Waals surface area (Å²) < 4.78 is 1.77. The molecule has 1 aromatic carbocycles. The molecule has 6 heteroatoms. The maximum Gasteiger partial charge on any atom is 0.337 e. The third kappa shape index (κ3) is 2.73. The molecule has 0 fully saturated rings. The molecular formula is C13H15N3O2S. The number of hydrogen-bond donors (Lipinski definition) is 2. The summed E-state index contributed by atoms with van der Waals surface area (Å²) >= 11 is 1.47. The van der Waals surface area contributed by atoms with Gasteiger partial charge in [-0.05, 0) is 37.6 Å². The Labute approximate surface area is 115 Å². The summed E-state index contributed by atoms with van der Waals surface area (Å²) in [5, 5.41) is 14.3. The van der Waals surface area contributed by atoms with Crippen molar-refractivity contribution >= 4 is 23.4 Å². The molecule has 2 rings (SSSR count). The molecule has 100 valence electrons. The average Bonchev–Trinajstić information content (AvgIpc) is 2.62. The van der Waals surface area contributed by atoms with Gasteiger partial charge in [-0.3, -0.25) is 4.68 Å². The van der Waals surface area contributed by atoms with Gasteiger partial charge in [0.25, 0.3) is 0 Å². The van der Waals surface area contributed by atoms with Crippen LogP contribution in [0.25, 0.3) is 0 Å². The van der Waals surface area contributed by atoms with Crippen molar-refractivity contribution in [2.75, 3.05) is 5.73 Å². The molecular weight excluding hydrogens is 262 g/mol. The molecule has 0 spiro atoms. The number of rotatable bonds is 3. The Bertz CT molecular complexity index is 650. The minimum absolute atomic E-state index is 0.140. The molecule has 0 saturated heterocycles. The van der Waals surface area contributed by atoms with Crippen LogP contribution >= 0.6 is 11.8 Å². The zero-order valence-corrected chi connectivity index (χ0v) is 11.8. The van der Waals surface area contributed by atoms with Crippen LogP contribution < -0.4 is 5.73 Å². The van der Waals surface area contributed by atoms with Crippen molar-refractivity contribution in [2.24, 2.45) is 7.05 Å². The molecule has 2 aromatic rings. The Kier molecular flexibility index (Phi) is 3.53. The minimum Gasteiger partial charge on any atom is -0.478 e. The molecule has 0 aliphatic carbocycles. The zero-order valence-electron chi connectivity index (χ0n) is 11.0. The van der Waals surface area contributed by atoms with Crippen LogP contribution in [-0.4, -0.2) is 20.9 Å². The SMILES string of the molecule is Cc1cc(Sc2cc(C)c(N)c(C(=O)O)c2)n(C)n1. The summed E-state index contributed by atoms with van der Waals surface area (Å²) in [4.78, 5) is 12.0. The van der Waals surface area contributed by atoms with Gasteiger partial charge in [-0.1, -0.05) is 11.8 Å². The Morgan fingerprint density at radius 1 is 1.37 bits per heavy atom. The Morgan fingerprint density at radius 2 is 2.05 bits per heavy atom. The number of nitrogens with zero attached hydrogens (tertiary/aromatic N) is 2. The van der Waals surface area contributed by atoms with Gasteiger partial charge in [-0.15, -0.1) is 0 Å². The fourth-order valence-corrected chi connectivity index (χ4v) is 2.86. The number of hydrogen-bond acceptors (Lipinski definition) is 4. The summed E-state index contributed by atoms with van der Waals surface area (Å²) in [6, 6.07) is 5.43. The van der Waals surface area contributed by atoms with Crippen molar-refractivity contribution in [3.05, 3.63) is 35.0 Å². The molecule has 0 aliphatic heterocycles. The van der Waals surface area contributed by atoms with Crippen LogP contribution in [0.5, 0.6) is 0 Å². The largest absolute Gasteiger partial charge is 0.478 e. The highest BCUT2D eigenvalue weighted by atomic mass is 32.2. The van der Waals surface area contributed by atoms with E-state index in [2.05, 4.69) is 5.10 Å². The second-order valence-corrected chi connectivity index (χ2v) is 5.45. The molecule has 0 radical (unpaired) electrons. The van der Waals surface area contributed by atoms with Crippen LogP contribution in [0.4, 0.5) is 5.69 Å². The monoisotopic (exact) mass is 277 g/mol. The van der Waals surface area contributed by atoms with Crippen LogP contribution in [0.2, 0.25) is 0 Å². The number of nitrogen functional groups attached to an aromatic ring is 1. The summed E-state index contributed by atoms with van der Waals surface area (Å²) in [5.74, 6) is -1.01. The van der Waals surface area contributed by atoms with E-state index in [1.807, 2.05) is 26.1 Å². The van der Waals surface area contributed by atoms with Crippen molar-refractivity contribution in [1.82, 2.24) is 9.78 Å². The number of carbonyl (C=O) groups is 1. The lowest BCUT2D eigenvalue weighted by Crippen LogP contribution is -2.04. The van der Waals surface area contributed by atoms with Crippen molar-refractivity contribution < 1.29 is 9.90 Å². The van der Waals surface area contributed by atoms with Gasteiger partial charge in [0, 0.05) is 17.6 Å². The van der Waals surface area contributed by atoms with E-state index in [0.29, 0.717) is 5.69 Å². The van der Waals surface area contributed by atoms with Gasteiger partial charge < -0.3 is 10.8 Å².